The first kappa shape index (κ1) is 12.2. The SMILES string of the molecule is Cn1ccc(CC(O)C2C3CCc4ccccc4C32)n1. The molecule has 1 N–H and O–H groups in total. The molecule has 2 aromatic rings. The Morgan fingerprint density at radius 1 is 1.35 bits per heavy atom. The van der Waals surface area contributed by atoms with Crippen molar-refractivity contribution >= 4 is 0 Å². The molecule has 4 atom stereocenters. The standard InChI is InChI=1S/C17H20N2O/c1-19-9-8-12(18-19)10-15(20)17-14-7-6-11-4-2-3-5-13(11)16(14)17/h2-5,8-9,14-17,20H,6-7,10H2,1H3. The number of fused-ring (bicyclic) bond motifs is 3. The van der Waals surface area contributed by atoms with E-state index in [1.54, 1.807) is 4.68 Å². The molecule has 1 saturated carbocycles. The molecule has 3 heteroatoms. The van der Waals surface area contributed by atoms with Gasteiger partial charge in [-0.25, -0.2) is 0 Å². The number of hydrogen-bond donors (Lipinski definition) is 1. The van der Waals surface area contributed by atoms with Crippen molar-refractivity contribution in [1.82, 2.24) is 9.78 Å². The Labute approximate surface area is 119 Å². The Balaban J connectivity index is 1.52. The minimum Gasteiger partial charge on any atom is -0.392 e. The second kappa shape index (κ2) is 4.45. The van der Waals surface area contributed by atoms with E-state index in [1.165, 1.54) is 24.0 Å². The van der Waals surface area contributed by atoms with Crippen LogP contribution < -0.4 is 0 Å². The molecular formula is C17H20N2O. The lowest BCUT2D eigenvalue weighted by Crippen LogP contribution is -2.15. The molecule has 1 fully saturated rings. The predicted molar refractivity (Wildman–Crippen MR) is 77.4 cm³/mol. The van der Waals surface area contributed by atoms with E-state index >= 15 is 0 Å². The van der Waals surface area contributed by atoms with E-state index in [-0.39, 0.29) is 6.10 Å². The number of aliphatic hydroxyl groups is 1. The van der Waals surface area contributed by atoms with Gasteiger partial charge in [-0.2, -0.15) is 5.10 Å². The Bertz CT molecular complexity index is 633. The third-order valence-corrected chi connectivity index (χ3v) is 5.02. The third-order valence-electron chi connectivity index (χ3n) is 5.02. The van der Waals surface area contributed by atoms with Crippen LogP contribution in [-0.4, -0.2) is 21.0 Å². The molecule has 1 aromatic heterocycles. The van der Waals surface area contributed by atoms with Crippen molar-refractivity contribution in [2.45, 2.75) is 31.3 Å². The van der Waals surface area contributed by atoms with Gasteiger partial charge in [-0.05, 0) is 47.8 Å². The highest BCUT2D eigenvalue weighted by molar-refractivity contribution is 5.39. The molecular weight excluding hydrogens is 248 g/mol. The number of aliphatic hydroxyl groups excluding tert-OH is 1. The summed E-state index contributed by atoms with van der Waals surface area (Å²) in [6, 6.07) is 10.7. The maximum absolute atomic E-state index is 10.6. The third kappa shape index (κ3) is 1.88. The molecule has 20 heavy (non-hydrogen) atoms. The fourth-order valence-corrected chi connectivity index (χ4v) is 4.07. The number of hydrogen-bond acceptors (Lipinski definition) is 2. The number of benzene rings is 1. The van der Waals surface area contributed by atoms with E-state index in [2.05, 4.69) is 29.4 Å². The second-order valence-electron chi connectivity index (χ2n) is 6.26. The van der Waals surface area contributed by atoms with E-state index in [0.717, 1.165) is 5.69 Å². The molecule has 0 bridgehead atoms. The zero-order valence-corrected chi connectivity index (χ0v) is 11.7. The quantitative estimate of drug-likeness (QED) is 0.927. The minimum absolute atomic E-state index is 0.258. The lowest BCUT2D eigenvalue weighted by Gasteiger charge is -2.13. The maximum atomic E-state index is 10.6. The fourth-order valence-electron chi connectivity index (χ4n) is 4.07. The molecule has 0 radical (unpaired) electrons. The van der Waals surface area contributed by atoms with Gasteiger partial charge in [0.15, 0.2) is 0 Å². The van der Waals surface area contributed by atoms with Crippen LogP contribution in [0, 0.1) is 11.8 Å². The highest BCUT2D eigenvalue weighted by Crippen LogP contribution is 2.61. The van der Waals surface area contributed by atoms with Gasteiger partial charge in [0.05, 0.1) is 11.8 Å². The van der Waals surface area contributed by atoms with Gasteiger partial charge in [0.2, 0.25) is 0 Å². The van der Waals surface area contributed by atoms with Gasteiger partial charge < -0.3 is 5.11 Å². The molecule has 0 aliphatic heterocycles. The number of aryl methyl sites for hydroxylation is 2. The van der Waals surface area contributed by atoms with Gasteiger partial charge in [-0.1, -0.05) is 24.3 Å². The van der Waals surface area contributed by atoms with Crippen molar-refractivity contribution in [2.75, 3.05) is 0 Å². The summed E-state index contributed by atoms with van der Waals surface area (Å²) in [6.07, 6.45) is 4.76. The van der Waals surface area contributed by atoms with Crippen molar-refractivity contribution in [3.8, 4) is 0 Å². The van der Waals surface area contributed by atoms with Crippen LogP contribution in [0.1, 0.15) is 29.2 Å². The topological polar surface area (TPSA) is 38.0 Å². The number of rotatable bonds is 3. The Kier molecular flexibility index (Phi) is 2.71. The van der Waals surface area contributed by atoms with Crippen LogP contribution in [0.5, 0.6) is 0 Å². The van der Waals surface area contributed by atoms with E-state index in [1.807, 2.05) is 19.3 Å². The van der Waals surface area contributed by atoms with Gasteiger partial charge in [-0.3, -0.25) is 4.68 Å². The van der Waals surface area contributed by atoms with E-state index in [9.17, 15) is 5.11 Å². The molecule has 3 nitrogen and oxygen atoms in total. The smallest absolute Gasteiger partial charge is 0.0650 e. The lowest BCUT2D eigenvalue weighted by atomic mass is 9.92. The minimum atomic E-state index is -0.258. The highest BCUT2D eigenvalue weighted by Gasteiger charge is 2.55. The van der Waals surface area contributed by atoms with E-state index < -0.39 is 0 Å². The van der Waals surface area contributed by atoms with Gasteiger partial charge in [0.1, 0.15) is 0 Å². The van der Waals surface area contributed by atoms with E-state index in [0.29, 0.717) is 24.2 Å². The van der Waals surface area contributed by atoms with Crippen LogP contribution in [0.3, 0.4) is 0 Å². The predicted octanol–water partition coefficient (Wildman–Crippen LogP) is 2.30. The Morgan fingerprint density at radius 3 is 3.00 bits per heavy atom. The van der Waals surface area contributed by atoms with Crippen LogP contribution in [0.15, 0.2) is 36.5 Å². The van der Waals surface area contributed by atoms with Crippen LogP contribution >= 0.6 is 0 Å². The molecule has 0 spiro atoms. The summed E-state index contributed by atoms with van der Waals surface area (Å²) >= 11 is 0. The molecule has 4 unspecified atom stereocenters. The fraction of sp³-hybridized carbons (Fsp3) is 0.471. The molecule has 2 aliphatic rings. The summed E-state index contributed by atoms with van der Waals surface area (Å²) in [7, 11) is 1.92. The average molecular weight is 268 g/mol. The number of aromatic nitrogens is 2. The zero-order chi connectivity index (χ0) is 13.7. The Morgan fingerprint density at radius 2 is 2.20 bits per heavy atom. The summed E-state index contributed by atoms with van der Waals surface area (Å²) in [5.41, 5.74) is 3.96. The van der Waals surface area contributed by atoms with Crippen molar-refractivity contribution < 1.29 is 5.11 Å². The normalized spacial score (nSPS) is 28.6. The summed E-state index contributed by atoms with van der Waals surface area (Å²) in [5, 5.41) is 14.9. The van der Waals surface area contributed by atoms with Crippen LogP contribution in [0.25, 0.3) is 0 Å². The average Bonchev–Trinajstić information content (AvgIpc) is 3.08. The molecule has 2 aliphatic carbocycles. The van der Waals surface area contributed by atoms with Crippen LogP contribution in [0.4, 0.5) is 0 Å². The van der Waals surface area contributed by atoms with Crippen LogP contribution in [0.2, 0.25) is 0 Å². The Hall–Kier alpha value is -1.61. The van der Waals surface area contributed by atoms with Gasteiger partial charge in [0.25, 0.3) is 0 Å². The molecule has 1 heterocycles. The lowest BCUT2D eigenvalue weighted by molar-refractivity contribution is 0.142. The summed E-state index contributed by atoms with van der Waals surface area (Å²) in [6.45, 7) is 0. The van der Waals surface area contributed by atoms with Gasteiger partial charge >= 0.3 is 0 Å². The second-order valence-corrected chi connectivity index (χ2v) is 6.26. The van der Waals surface area contributed by atoms with Crippen molar-refractivity contribution in [3.05, 3.63) is 53.3 Å². The van der Waals surface area contributed by atoms with Crippen LogP contribution in [-0.2, 0) is 19.9 Å². The summed E-state index contributed by atoms with van der Waals surface area (Å²) < 4.78 is 1.80. The highest BCUT2D eigenvalue weighted by atomic mass is 16.3. The largest absolute Gasteiger partial charge is 0.392 e. The van der Waals surface area contributed by atoms with Crippen molar-refractivity contribution in [1.29, 1.82) is 0 Å². The molecule has 1 aromatic carbocycles. The van der Waals surface area contributed by atoms with Gasteiger partial charge in [-0.15, -0.1) is 0 Å². The first-order valence-corrected chi connectivity index (χ1v) is 7.48. The summed E-state index contributed by atoms with van der Waals surface area (Å²) in [5.74, 6) is 1.70. The van der Waals surface area contributed by atoms with Gasteiger partial charge in [0, 0.05) is 19.7 Å². The molecule has 4 rings (SSSR count). The zero-order valence-electron chi connectivity index (χ0n) is 11.7. The molecule has 0 amide bonds. The first-order valence-electron chi connectivity index (χ1n) is 7.48. The monoisotopic (exact) mass is 268 g/mol. The van der Waals surface area contributed by atoms with Crippen molar-refractivity contribution in [2.24, 2.45) is 18.9 Å². The first-order chi connectivity index (χ1) is 9.74. The molecule has 104 valence electrons. The number of nitrogens with zero attached hydrogens (tertiary/aromatic N) is 2. The summed E-state index contributed by atoms with van der Waals surface area (Å²) in [4.78, 5) is 0. The molecule has 0 saturated heterocycles. The van der Waals surface area contributed by atoms with E-state index in [4.69, 9.17) is 0 Å². The maximum Gasteiger partial charge on any atom is 0.0650 e. The van der Waals surface area contributed by atoms with Crippen molar-refractivity contribution in [3.63, 3.8) is 0 Å².